The molecule has 5 nitrogen and oxygen atoms in total. The lowest BCUT2D eigenvalue weighted by atomic mass is 10.1. The zero-order valence-electron chi connectivity index (χ0n) is 17.8. The molecule has 0 radical (unpaired) electrons. The van der Waals surface area contributed by atoms with E-state index in [2.05, 4.69) is 28.4 Å². The first kappa shape index (κ1) is 26.2. The van der Waals surface area contributed by atoms with Crippen LogP contribution in [0.5, 0.6) is 5.75 Å². The number of hydrogen-bond acceptors (Lipinski definition) is 4. The smallest absolute Gasteiger partial charge is 0.223 e. The van der Waals surface area contributed by atoms with Crippen molar-refractivity contribution in [2.24, 2.45) is 0 Å². The molecular weight excluding hydrogens is 421 g/mol. The van der Waals surface area contributed by atoms with Crippen LogP contribution in [0.4, 0.5) is 5.69 Å². The Hall–Kier alpha value is -1.79. The van der Waals surface area contributed by atoms with Crippen LogP contribution in [-0.2, 0) is 17.9 Å². The quantitative estimate of drug-likeness (QED) is 0.749. The molecule has 0 bridgehead atoms. The number of hydrogen-bond donors (Lipinski definition) is 1. The minimum atomic E-state index is 0. The molecule has 0 unspecified atom stereocenters. The number of nitrogens with zero attached hydrogens (tertiary/aromatic N) is 2. The van der Waals surface area contributed by atoms with Gasteiger partial charge in [-0.05, 0) is 31.0 Å². The number of fused-ring (bicyclic) bond motifs is 1. The number of carbonyl (C=O) groups excluding carboxylic acids is 1. The molecule has 0 saturated heterocycles. The third-order valence-corrected chi connectivity index (χ3v) is 5.11. The monoisotopic (exact) mass is 453 g/mol. The maximum Gasteiger partial charge on any atom is 0.223 e. The molecule has 0 aliphatic carbocycles. The molecule has 0 aromatic heterocycles. The van der Waals surface area contributed by atoms with Crippen molar-refractivity contribution in [3.8, 4) is 5.75 Å². The molecule has 0 saturated carbocycles. The number of benzene rings is 2. The average molecular weight is 454 g/mol. The highest BCUT2D eigenvalue weighted by Crippen LogP contribution is 2.23. The maximum atomic E-state index is 12.3. The number of rotatable bonds is 4. The Kier molecular flexibility index (Phi) is 11.8. The highest BCUT2D eigenvalue weighted by molar-refractivity contribution is 5.92. The SMILES string of the molecule is CCOc1ccccc1CN1CCCN(C(C)=O)c2ccccc2CNCC1.Cl.Cl. The highest BCUT2D eigenvalue weighted by Gasteiger charge is 2.17. The number of nitrogens with one attached hydrogen (secondary N) is 1. The van der Waals surface area contributed by atoms with Crippen LogP contribution in [-0.4, -0.2) is 43.6 Å². The van der Waals surface area contributed by atoms with Crippen LogP contribution in [0.2, 0.25) is 0 Å². The van der Waals surface area contributed by atoms with Crippen molar-refractivity contribution in [2.45, 2.75) is 33.4 Å². The fourth-order valence-corrected chi connectivity index (χ4v) is 3.73. The van der Waals surface area contributed by atoms with Gasteiger partial charge in [-0.1, -0.05) is 36.4 Å². The minimum Gasteiger partial charge on any atom is -0.494 e. The fourth-order valence-electron chi connectivity index (χ4n) is 3.73. The second kappa shape index (κ2) is 13.5. The summed E-state index contributed by atoms with van der Waals surface area (Å²) >= 11 is 0. The average Bonchev–Trinajstić information content (AvgIpc) is 2.73. The molecule has 166 valence electrons. The highest BCUT2D eigenvalue weighted by atomic mass is 35.5. The fraction of sp³-hybridized carbons (Fsp3) is 0.435. The van der Waals surface area contributed by atoms with Gasteiger partial charge in [0.1, 0.15) is 5.75 Å². The predicted octanol–water partition coefficient (Wildman–Crippen LogP) is 4.28. The van der Waals surface area contributed by atoms with Crippen molar-refractivity contribution < 1.29 is 9.53 Å². The summed E-state index contributed by atoms with van der Waals surface area (Å²) in [6, 6.07) is 16.5. The van der Waals surface area contributed by atoms with Crippen molar-refractivity contribution in [3.05, 3.63) is 59.7 Å². The normalized spacial score (nSPS) is 15.1. The van der Waals surface area contributed by atoms with E-state index >= 15 is 0 Å². The second-order valence-electron chi connectivity index (χ2n) is 7.15. The molecule has 2 aromatic rings. The molecule has 1 aliphatic heterocycles. The number of carbonyl (C=O) groups is 1. The summed E-state index contributed by atoms with van der Waals surface area (Å²) in [5.74, 6) is 1.06. The van der Waals surface area contributed by atoms with Crippen LogP contribution in [0.3, 0.4) is 0 Å². The standard InChI is InChI=1S/C23H31N3O2.2ClH/c1-3-28-23-12-7-5-10-21(23)18-25-14-8-15-26(19(2)27)22-11-6-4-9-20(22)17-24-13-16-25;;/h4-7,9-12,24H,3,8,13-18H2,1-2H3;2*1H. The summed E-state index contributed by atoms with van der Waals surface area (Å²) in [6.45, 7) is 9.50. The van der Waals surface area contributed by atoms with Crippen LogP contribution in [0.1, 0.15) is 31.4 Å². The molecule has 30 heavy (non-hydrogen) atoms. The van der Waals surface area contributed by atoms with E-state index in [9.17, 15) is 4.79 Å². The van der Waals surface area contributed by atoms with Gasteiger partial charge in [0.2, 0.25) is 5.91 Å². The molecule has 1 amide bonds. The van der Waals surface area contributed by atoms with E-state index in [0.717, 1.165) is 57.1 Å². The van der Waals surface area contributed by atoms with Gasteiger partial charge < -0.3 is 15.0 Å². The van der Waals surface area contributed by atoms with Gasteiger partial charge in [0.25, 0.3) is 0 Å². The molecule has 2 aromatic carbocycles. The first-order valence-electron chi connectivity index (χ1n) is 10.2. The summed E-state index contributed by atoms with van der Waals surface area (Å²) < 4.78 is 5.79. The van der Waals surface area contributed by atoms with E-state index in [0.29, 0.717) is 6.61 Å². The van der Waals surface area contributed by atoms with Crippen LogP contribution in [0.25, 0.3) is 0 Å². The molecule has 7 heteroatoms. The number of anilines is 1. The van der Waals surface area contributed by atoms with Crippen LogP contribution in [0, 0.1) is 0 Å². The van der Waals surface area contributed by atoms with Gasteiger partial charge >= 0.3 is 0 Å². The summed E-state index contributed by atoms with van der Waals surface area (Å²) in [7, 11) is 0. The first-order chi connectivity index (χ1) is 13.7. The molecule has 1 aliphatic rings. The molecule has 1 heterocycles. The summed E-state index contributed by atoms with van der Waals surface area (Å²) in [5, 5.41) is 3.54. The zero-order valence-corrected chi connectivity index (χ0v) is 19.4. The maximum absolute atomic E-state index is 12.3. The molecule has 0 atom stereocenters. The van der Waals surface area contributed by atoms with E-state index in [1.54, 1.807) is 6.92 Å². The van der Waals surface area contributed by atoms with Crippen LogP contribution >= 0.6 is 24.8 Å². The Balaban J connectivity index is 0.00000225. The predicted molar refractivity (Wildman–Crippen MR) is 128 cm³/mol. The Morgan fingerprint density at radius 2 is 1.77 bits per heavy atom. The lowest BCUT2D eigenvalue weighted by Gasteiger charge is -2.26. The van der Waals surface area contributed by atoms with Gasteiger partial charge in [0.05, 0.1) is 6.61 Å². The first-order valence-corrected chi connectivity index (χ1v) is 10.2. The Labute approximate surface area is 192 Å². The number of halogens is 2. The molecule has 0 fully saturated rings. The van der Waals surface area contributed by atoms with Gasteiger partial charge in [-0.25, -0.2) is 0 Å². The van der Waals surface area contributed by atoms with Crippen molar-refractivity contribution in [1.82, 2.24) is 10.2 Å². The Morgan fingerprint density at radius 3 is 2.53 bits per heavy atom. The van der Waals surface area contributed by atoms with E-state index < -0.39 is 0 Å². The Bertz CT molecular complexity index is 789. The van der Waals surface area contributed by atoms with E-state index in [4.69, 9.17) is 4.74 Å². The van der Waals surface area contributed by atoms with E-state index in [1.165, 1.54) is 11.1 Å². The molecule has 1 N–H and O–H groups in total. The van der Waals surface area contributed by atoms with Crippen molar-refractivity contribution in [1.29, 1.82) is 0 Å². The molecular formula is C23H33Cl2N3O2. The Morgan fingerprint density at radius 1 is 1.03 bits per heavy atom. The summed E-state index contributed by atoms with van der Waals surface area (Å²) in [4.78, 5) is 16.6. The second-order valence-corrected chi connectivity index (χ2v) is 7.15. The molecule has 3 rings (SSSR count). The third-order valence-electron chi connectivity index (χ3n) is 5.11. The molecule has 0 spiro atoms. The van der Waals surface area contributed by atoms with E-state index in [1.807, 2.05) is 42.2 Å². The van der Waals surface area contributed by atoms with E-state index in [-0.39, 0.29) is 30.7 Å². The van der Waals surface area contributed by atoms with Crippen LogP contribution < -0.4 is 15.0 Å². The summed E-state index contributed by atoms with van der Waals surface area (Å²) in [5.41, 5.74) is 3.41. The van der Waals surface area contributed by atoms with Gasteiger partial charge in [-0.15, -0.1) is 24.8 Å². The van der Waals surface area contributed by atoms with Gasteiger partial charge in [0.15, 0.2) is 0 Å². The number of amides is 1. The number of ether oxygens (including phenoxy) is 1. The number of para-hydroxylation sites is 2. The van der Waals surface area contributed by atoms with Crippen molar-refractivity contribution >= 4 is 36.4 Å². The van der Waals surface area contributed by atoms with Gasteiger partial charge in [-0.2, -0.15) is 0 Å². The van der Waals surface area contributed by atoms with Crippen LogP contribution in [0.15, 0.2) is 48.5 Å². The lowest BCUT2D eigenvalue weighted by molar-refractivity contribution is -0.116. The topological polar surface area (TPSA) is 44.8 Å². The summed E-state index contributed by atoms with van der Waals surface area (Å²) in [6.07, 6.45) is 0.935. The lowest BCUT2D eigenvalue weighted by Crippen LogP contribution is -2.34. The largest absolute Gasteiger partial charge is 0.494 e. The van der Waals surface area contributed by atoms with Gasteiger partial charge in [0, 0.05) is 57.4 Å². The third kappa shape index (κ3) is 7.17. The minimum absolute atomic E-state index is 0. The van der Waals surface area contributed by atoms with Gasteiger partial charge in [-0.3, -0.25) is 9.69 Å². The van der Waals surface area contributed by atoms with Crippen molar-refractivity contribution in [3.63, 3.8) is 0 Å². The zero-order chi connectivity index (χ0) is 19.8. The van der Waals surface area contributed by atoms with Crippen molar-refractivity contribution in [2.75, 3.05) is 37.7 Å².